The van der Waals surface area contributed by atoms with E-state index in [4.69, 9.17) is 11.6 Å². The average Bonchev–Trinajstić information content (AvgIpc) is 3.19. The number of amides is 1. The SMILES string of the molecule is O=C(CSc1nc2ccc(NS(=O)(=O)c3ccc(Cl)cc3)cc2s1)Nc1ccccc1C(F)(F)F. The number of nitrogens with zero attached hydrogens (tertiary/aromatic N) is 1. The molecule has 0 bridgehead atoms. The molecule has 0 saturated heterocycles. The van der Waals surface area contributed by atoms with Gasteiger partial charge in [-0.05, 0) is 54.6 Å². The average molecular weight is 558 g/mol. The first kappa shape index (κ1) is 25.3. The molecule has 3 aromatic carbocycles. The third kappa shape index (κ3) is 6.26. The third-order valence-electron chi connectivity index (χ3n) is 4.58. The molecule has 182 valence electrons. The van der Waals surface area contributed by atoms with E-state index >= 15 is 0 Å². The zero-order valence-electron chi connectivity index (χ0n) is 17.5. The lowest BCUT2D eigenvalue weighted by Crippen LogP contribution is -2.18. The van der Waals surface area contributed by atoms with E-state index in [0.29, 0.717) is 25.3 Å². The number of sulfonamides is 1. The van der Waals surface area contributed by atoms with Gasteiger partial charge in [0.2, 0.25) is 5.91 Å². The lowest BCUT2D eigenvalue weighted by Gasteiger charge is -2.13. The molecule has 0 spiro atoms. The predicted molar refractivity (Wildman–Crippen MR) is 133 cm³/mol. The molecule has 13 heteroatoms. The lowest BCUT2D eigenvalue weighted by molar-refractivity contribution is -0.137. The number of benzene rings is 3. The Morgan fingerprint density at radius 1 is 1.06 bits per heavy atom. The normalized spacial score (nSPS) is 12.0. The van der Waals surface area contributed by atoms with E-state index in [1.807, 2.05) is 0 Å². The van der Waals surface area contributed by atoms with Crippen LogP contribution < -0.4 is 10.0 Å². The minimum absolute atomic E-state index is 0.0562. The van der Waals surface area contributed by atoms with Gasteiger partial charge in [-0.25, -0.2) is 13.4 Å². The van der Waals surface area contributed by atoms with E-state index in [1.54, 1.807) is 18.2 Å². The first-order valence-corrected chi connectivity index (χ1v) is 13.5. The Labute approximate surface area is 211 Å². The van der Waals surface area contributed by atoms with E-state index in [0.717, 1.165) is 17.8 Å². The van der Waals surface area contributed by atoms with Gasteiger partial charge in [0.25, 0.3) is 10.0 Å². The summed E-state index contributed by atoms with van der Waals surface area (Å²) in [6.07, 6.45) is -4.59. The highest BCUT2D eigenvalue weighted by Gasteiger charge is 2.33. The summed E-state index contributed by atoms with van der Waals surface area (Å²) in [5, 5.41) is 2.70. The lowest BCUT2D eigenvalue weighted by atomic mass is 10.1. The van der Waals surface area contributed by atoms with E-state index < -0.39 is 27.7 Å². The summed E-state index contributed by atoms with van der Waals surface area (Å²) in [5.74, 6) is -0.760. The van der Waals surface area contributed by atoms with Crippen molar-refractivity contribution >= 4 is 72.2 Å². The monoisotopic (exact) mass is 557 g/mol. The Balaban J connectivity index is 1.43. The van der Waals surface area contributed by atoms with Crippen LogP contribution in [0.3, 0.4) is 0 Å². The zero-order valence-corrected chi connectivity index (χ0v) is 20.7. The Hall–Kier alpha value is -2.80. The van der Waals surface area contributed by atoms with Crippen molar-refractivity contribution in [2.45, 2.75) is 15.4 Å². The molecule has 0 aliphatic carbocycles. The number of anilines is 2. The number of rotatable bonds is 7. The molecule has 2 N–H and O–H groups in total. The van der Waals surface area contributed by atoms with Crippen molar-refractivity contribution in [1.29, 1.82) is 0 Å². The molecule has 35 heavy (non-hydrogen) atoms. The molecule has 1 amide bonds. The number of hydrogen-bond donors (Lipinski definition) is 2. The van der Waals surface area contributed by atoms with Crippen molar-refractivity contribution < 1.29 is 26.4 Å². The quantitative estimate of drug-likeness (QED) is 0.253. The second kappa shape index (κ2) is 10.1. The van der Waals surface area contributed by atoms with Crippen LogP contribution in [0.5, 0.6) is 0 Å². The Morgan fingerprint density at radius 3 is 2.49 bits per heavy atom. The standard InChI is InChI=1S/C22H15ClF3N3O3S3/c23-13-5-8-15(9-6-13)35(31,32)29-14-7-10-18-19(11-14)34-21(28-18)33-12-20(30)27-17-4-2-1-3-16(17)22(24,25)26/h1-11,29H,12H2,(H,27,30). The van der Waals surface area contributed by atoms with Crippen LogP contribution in [0, 0.1) is 0 Å². The molecule has 4 rings (SSSR count). The van der Waals surface area contributed by atoms with Crippen molar-refractivity contribution in [3.8, 4) is 0 Å². The van der Waals surface area contributed by atoms with Gasteiger partial charge in [-0.15, -0.1) is 11.3 Å². The van der Waals surface area contributed by atoms with Gasteiger partial charge in [0.15, 0.2) is 4.34 Å². The second-order valence-electron chi connectivity index (χ2n) is 7.10. The van der Waals surface area contributed by atoms with Gasteiger partial charge < -0.3 is 5.32 Å². The summed E-state index contributed by atoms with van der Waals surface area (Å²) in [7, 11) is -3.82. The smallest absolute Gasteiger partial charge is 0.325 e. The third-order valence-corrected chi connectivity index (χ3v) is 8.39. The van der Waals surface area contributed by atoms with E-state index in [2.05, 4.69) is 15.0 Å². The van der Waals surface area contributed by atoms with Crippen LogP contribution in [0.1, 0.15) is 5.56 Å². The number of para-hydroxylation sites is 1. The van der Waals surface area contributed by atoms with Crippen molar-refractivity contribution in [2.24, 2.45) is 0 Å². The van der Waals surface area contributed by atoms with Crippen molar-refractivity contribution in [1.82, 2.24) is 4.98 Å². The highest BCUT2D eigenvalue weighted by molar-refractivity contribution is 8.01. The summed E-state index contributed by atoms with van der Waals surface area (Å²) in [4.78, 5) is 16.7. The number of fused-ring (bicyclic) bond motifs is 1. The van der Waals surface area contributed by atoms with Crippen LogP contribution in [0.4, 0.5) is 24.5 Å². The highest BCUT2D eigenvalue weighted by atomic mass is 35.5. The van der Waals surface area contributed by atoms with Gasteiger partial charge in [-0.2, -0.15) is 13.2 Å². The molecule has 0 radical (unpaired) electrons. The van der Waals surface area contributed by atoms with Crippen molar-refractivity contribution in [2.75, 3.05) is 15.8 Å². The van der Waals surface area contributed by atoms with E-state index in [1.165, 1.54) is 53.8 Å². The van der Waals surface area contributed by atoms with Crippen LogP contribution in [0.25, 0.3) is 10.2 Å². The molecule has 4 aromatic rings. The number of nitrogens with one attached hydrogen (secondary N) is 2. The van der Waals surface area contributed by atoms with Gasteiger partial charge in [-0.1, -0.05) is 35.5 Å². The molecule has 0 aliphatic heterocycles. The maximum absolute atomic E-state index is 13.1. The van der Waals surface area contributed by atoms with Gasteiger partial charge in [0.1, 0.15) is 0 Å². The maximum atomic E-state index is 13.1. The van der Waals surface area contributed by atoms with Gasteiger partial charge in [0, 0.05) is 5.02 Å². The molecule has 0 fully saturated rings. The van der Waals surface area contributed by atoms with Gasteiger partial charge in [-0.3, -0.25) is 9.52 Å². The number of hydrogen-bond acceptors (Lipinski definition) is 6. The van der Waals surface area contributed by atoms with Crippen LogP contribution in [0.15, 0.2) is 76.0 Å². The molecule has 0 aliphatic rings. The van der Waals surface area contributed by atoms with E-state index in [-0.39, 0.29) is 16.3 Å². The molecule has 0 unspecified atom stereocenters. The Morgan fingerprint density at radius 2 is 1.77 bits per heavy atom. The van der Waals surface area contributed by atoms with Crippen LogP contribution >= 0.6 is 34.7 Å². The summed E-state index contributed by atoms with van der Waals surface area (Å²) in [5.41, 5.74) is -0.316. The number of thioether (sulfide) groups is 1. The first-order valence-electron chi connectivity index (χ1n) is 9.79. The van der Waals surface area contributed by atoms with Crippen LogP contribution in [-0.4, -0.2) is 25.1 Å². The number of carbonyl (C=O) groups excluding carboxylic acids is 1. The fraction of sp³-hybridized carbons (Fsp3) is 0.0909. The van der Waals surface area contributed by atoms with Gasteiger partial charge in [0.05, 0.1) is 37.8 Å². The summed E-state index contributed by atoms with van der Waals surface area (Å²) in [6, 6.07) is 15.3. The fourth-order valence-electron chi connectivity index (χ4n) is 3.01. The highest BCUT2D eigenvalue weighted by Crippen LogP contribution is 2.35. The summed E-state index contributed by atoms with van der Waals surface area (Å²) in [6.45, 7) is 0. The molecule has 0 saturated carbocycles. The summed E-state index contributed by atoms with van der Waals surface area (Å²) < 4.78 is 68.2. The maximum Gasteiger partial charge on any atom is 0.418 e. The number of carbonyl (C=O) groups is 1. The number of alkyl halides is 3. The van der Waals surface area contributed by atoms with Crippen LogP contribution in [0.2, 0.25) is 5.02 Å². The summed E-state index contributed by atoms with van der Waals surface area (Å²) >= 11 is 8.10. The molecule has 1 heterocycles. The van der Waals surface area contributed by atoms with Crippen LogP contribution in [-0.2, 0) is 21.0 Å². The fourth-order valence-corrected chi connectivity index (χ4v) is 6.09. The molecule has 6 nitrogen and oxygen atoms in total. The number of halogens is 4. The molecule has 0 atom stereocenters. The zero-order chi connectivity index (χ0) is 25.2. The largest absolute Gasteiger partial charge is 0.418 e. The molecular weight excluding hydrogens is 543 g/mol. The Kier molecular flexibility index (Phi) is 7.27. The van der Waals surface area contributed by atoms with Crippen molar-refractivity contribution in [3.05, 3.63) is 77.3 Å². The first-order chi connectivity index (χ1) is 16.5. The van der Waals surface area contributed by atoms with E-state index in [9.17, 15) is 26.4 Å². The minimum atomic E-state index is -4.59. The van der Waals surface area contributed by atoms with Gasteiger partial charge >= 0.3 is 6.18 Å². The number of thiazole rings is 1. The Bertz CT molecular complexity index is 1490. The topological polar surface area (TPSA) is 88.2 Å². The minimum Gasteiger partial charge on any atom is -0.325 e. The second-order valence-corrected chi connectivity index (χ2v) is 11.5. The van der Waals surface area contributed by atoms with Crippen molar-refractivity contribution in [3.63, 3.8) is 0 Å². The number of aromatic nitrogens is 1. The molecule has 1 aromatic heterocycles. The predicted octanol–water partition coefficient (Wildman–Crippen LogP) is 6.50. The molecular formula is C22H15ClF3N3O3S3.